The second kappa shape index (κ2) is 8.08. The van der Waals surface area contributed by atoms with E-state index in [-0.39, 0.29) is 22.0 Å². The zero-order valence-corrected chi connectivity index (χ0v) is 16.2. The maximum absolute atomic E-state index is 13.2. The molecular weight excluding hydrogens is 412 g/mol. The molecule has 1 aromatic heterocycles. The predicted octanol–water partition coefficient (Wildman–Crippen LogP) is 5.90. The van der Waals surface area contributed by atoms with Gasteiger partial charge in [-0.2, -0.15) is 0 Å². The fourth-order valence-corrected chi connectivity index (χ4v) is 3.66. The molecule has 1 N–H and O–H groups in total. The monoisotopic (exact) mass is 423 g/mol. The van der Waals surface area contributed by atoms with Crippen LogP contribution in [0.25, 0.3) is 11.1 Å². The molecular formula is C19H12Cl2FNO3S. The molecule has 1 heterocycles. The van der Waals surface area contributed by atoms with Crippen LogP contribution < -0.4 is 5.32 Å². The van der Waals surface area contributed by atoms with Crippen molar-refractivity contribution in [3.05, 3.63) is 74.8 Å². The summed E-state index contributed by atoms with van der Waals surface area (Å²) < 4.78 is 18.0. The Labute approximate surface area is 168 Å². The summed E-state index contributed by atoms with van der Waals surface area (Å²) in [5.41, 5.74) is 1.65. The highest BCUT2D eigenvalue weighted by molar-refractivity contribution is 7.15. The number of rotatable bonds is 4. The number of ether oxygens (including phenoxy) is 1. The van der Waals surface area contributed by atoms with Crippen LogP contribution in [0.15, 0.2) is 47.8 Å². The minimum Gasteiger partial charge on any atom is -0.465 e. The van der Waals surface area contributed by atoms with Crippen molar-refractivity contribution < 1.29 is 18.7 Å². The van der Waals surface area contributed by atoms with Crippen molar-refractivity contribution in [2.24, 2.45) is 0 Å². The molecule has 2 aromatic carbocycles. The lowest BCUT2D eigenvalue weighted by atomic mass is 10.0. The van der Waals surface area contributed by atoms with E-state index in [4.69, 9.17) is 27.9 Å². The summed E-state index contributed by atoms with van der Waals surface area (Å²) in [6, 6.07) is 10.2. The van der Waals surface area contributed by atoms with Crippen molar-refractivity contribution in [2.45, 2.75) is 0 Å². The Morgan fingerprint density at radius 1 is 1.07 bits per heavy atom. The Bertz CT molecular complexity index is 1020. The highest BCUT2D eigenvalue weighted by atomic mass is 35.5. The van der Waals surface area contributed by atoms with Gasteiger partial charge in [0, 0.05) is 16.5 Å². The zero-order valence-electron chi connectivity index (χ0n) is 13.9. The van der Waals surface area contributed by atoms with E-state index in [9.17, 15) is 14.0 Å². The Morgan fingerprint density at radius 2 is 1.78 bits per heavy atom. The van der Waals surface area contributed by atoms with E-state index in [0.29, 0.717) is 21.2 Å². The highest BCUT2D eigenvalue weighted by Gasteiger charge is 2.23. The molecule has 0 aliphatic heterocycles. The molecule has 0 fully saturated rings. The van der Waals surface area contributed by atoms with Gasteiger partial charge in [-0.1, -0.05) is 35.3 Å². The van der Waals surface area contributed by atoms with E-state index in [2.05, 4.69) is 5.32 Å². The molecule has 27 heavy (non-hydrogen) atoms. The van der Waals surface area contributed by atoms with Crippen LogP contribution in [-0.2, 0) is 4.74 Å². The van der Waals surface area contributed by atoms with Crippen molar-refractivity contribution in [3.8, 4) is 11.1 Å². The second-order valence-electron chi connectivity index (χ2n) is 5.43. The van der Waals surface area contributed by atoms with Gasteiger partial charge in [-0.3, -0.25) is 4.79 Å². The predicted molar refractivity (Wildman–Crippen MR) is 105 cm³/mol. The van der Waals surface area contributed by atoms with Gasteiger partial charge >= 0.3 is 5.97 Å². The lowest BCUT2D eigenvalue weighted by Crippen LogP contribution is -2.14. The SMILES string of the molecule is COC(=O)c1c(-c2ccc(F)cc2)csc1NC(=O)c1ccc(Cl)c(Cl)c1. The van der Waals surface area contributed by atoms with Crippen LogP contribution in [0.5, 0.6) is 0 Å². The standard InChI is InChI=1S/C19H12Cl2FNO3S/c1-26-19(25)16-13(10-2-5-12(22)6-3-10)9-27-18(16)23-17(24)11-4-7-14(20)15(21)8-11/h2-9H,1H3,(H,23,24). The largest absolute Gasteiger partial charge is 0.465 e. The minimum atomic E-state index is -0.611. The summed E-state index contributed by atoms with van der Waals surface area (Å²) in [6.45, 7) is 0. The van der Waals surface area contributed by atoms with Crippen molar-refractivity contribution in [2.75, 3.05) is 12.4 Å². The molecule has 0 saturated heterocycles. The first-order chi connectivity index (χ1) is 12.9. The van der Waals surface area contributed by atoms with Crippen LogP contribution in [0.1, 0.15) is 20.7 Å². The number of halogens is 3. The van der Waals surface area contributed by atoms with Gasteiger partial charge in [0.05, 0.1) is 17.2 Å². The fraction of sp³-hybridized carbons (Fsp3) is 0.0526. The zero-order chi connectivity index (χ0) is 19.6. The maximum Gasteiger partial charge on any atom is 0.341 e. The van der Waals surface area contributed by atoms with Gasteiger partial charge in [0.15, 0.2) is 0 Å². The van der Waals surface area contributed by atoms with Crippen LogP contribution in [-0.4, -0.2) is 19.0 Å². The molecule has 3 aromatic rings. The van der Waals surface area contributed by atoms with Crippen LogP contribution in [0.4, 0.5) is 9.39 Å². The number of hydrogen-bond acceptors (Lipinski definition) is 4. The van der Waals surface area contributed by atoms with Crippen LogP contribution >= 0.6 is 34.5 Å². The molecule has 0 bridgehead atoms. The number of hydrogen-bond donors (Lipinski definition) is 1. The Kier molecular flexibility index (Phi) is 5.79. The van der Waals surface area contributed by atoms with Gasteiger partial charge in [0.2, 0.25) is 0 Å². The van der Waals surface area contributed by atoms with Crippen molar-refractivity contribution in [1.29, 1.82) is 0 Å². The number of amides is 1. The Hall–Kier alpha value is -2.41. The number of thiophene rings is 1. The van der Waals surface area contributed by atoms with Crippen LogP contribution in [0.2, 0.25) is 10.0 Å². The number of methoxy groups -OCH3 is 1. The number of benzene rings is 2. The molecule has 0 unspecified atom stereocenters. The van der Waals surface area contributed by atoms with Gasteiger partial charge < -0.3 is 10.1 Å². The molecule has 0 aliphatic rings. The molecule has 0 spiro atoms. The van der Waals surface area contributed by atoms with E-state index in [1.165, 1.54) is 37.4 Å². The van der Waals surface area contributed by atoms with Gasteiger partial charge in [0.1, 0.15) is 16.4 Å². The lowest BCUT2D eigenvalue weighted by Gasteiger charge is -2.08. The Morgan fingerprint density at radius 3 is 2.41 bits per heavy atom. The number of anilines is 1. The number of carbonyl (C=O) groups is 2. The highest BCUT2D eigenvalue weighted by Crippen LogP contribution is 2.36. The van der Waals surface area contributed by atoms with E-state index in [1.54, 1.807) is 17.5 Å². The summed E-state index contributed by atoms with van der Waals surface area (Å²) in [5.74, 6) is -1.45. The normalized spacial score (nSPS) is 10.5. The van der Waals surface area contributed by atoms with Gasteiger partial charge in [-0.25, -0.2) is 9.18 Å². The summed E-state index contributed by atoms with van der Waals surface area (Å²) >= 11 is 13.0. The summed E-state index contributed by atoms with van der Waals surface area (Å²) in [6.07, 6.45) is 0. The number of esters is 1. The number of carbonyl (C=O) groups excluding carboxylic acids is 2. The van der Waals surface area contributed by atoms with Crippen molar-refractivity contribution in [1.82, 2.24) is 0 Å². The van der Waals surface area contributed by atoms with E-state index < -0.39 is 11.9 Å². The average Bonchev–Trinajstić information content (AvgIpc) is 3.07. The van der Waals surface area contributed by atoms with Crippen molar-refractivity contribution in [3.63, 3.8) is 0 Å². The third-order valence-electron chi connectivity index (χ3n) is 3.74. The minimum absolute atomic E-state index is 0.197. The molecule has 1 amide bonds. The van der Waals surface area contributed by atoms with Gasteiger partial charge in [0.25, 0.3) is 5.91 Å². The molecule has 4 nitrogen and oxygen atoms in total. The third kappa shape index (κ3) is 4.13. The van der Waals surface area contributed by atoms with Gasteiger partial charge in [-0.05, 0) is 35.9 Å². The molecule has 0 aliphatic carbocycles. The smallest absolute Gasteiger partial charge is 0.341 e. The van der Waals surface area contributed by atoms with Crippen LogP contribution in [0, 0.1) is 5.82 Å². The van der Waals surface area contributed by atoms with Crippen molar-refractivity contribution >= 4 is 51.4 Å². The van der Waals surface area contributed by atoms with E-state index >= 15 is 0 Å². The van der Waals surface area contributed by atoms with Crippen LogP contribution in [0.3, 0.4) is 0 Å². The molecule has 0 atom stereocenters. The molecule has 0 saturated carbocycles. The lowest BCUT2D eigenvalue weighted by molar-refractivity contribution is 0.0603. The Balaban J connectivity index is 1.97. The first-order valence-corrected chi connectivity index (χ1v) is 9.26. The first-order valence-electron chi connectivity index (χ1n) is 7.63. The van der Waals surface area contributed by atoms with E-state index in [0.717, 1.165) is 11.3 Å². The summed E-state index contributed by atoms with van der Waals surface area (Å²) in [4.78, 5) is 24.8. The molecule has 8 heteroatoms. The second-order valence-corrected chi connectivity index (χ2v) is 7.13. The summed E-state index contributed by atoms with van der Waals surface area (Å²) in [7, 11) is 1.25. The summed E-state index contributed by atoms with van der Waals surface area (Å²) in [5, 5.41) is 5.29. The molecule has 3 rings (SSSR count). The average molecular weight is 424 g/mol. The van der Waals surface area contributed by atoms with Gasteiger partial charge in [-0.15, -0.1) is 11.3 Å². The third-order valence-corrected chi connectivity index (χ3v) is 5.38. The quantitative estimate of drug-likeness (QED) is 0.531. The van der Waals surface area contributed by atoms with E-state index in [1.807, 2.05) is 0 Å². The fourth-order valence-electron chi connectivity index (χ4n) is 2.41. The topological polar surface area (TPSA) is 55.4 Å². The molecule has 0 radical (unpaired) electrons. The maximum atomic E-state index is 13.2. The molecule has 138 valence electrons. The number of nitrogens with one attached hydrogen (secondary N) is 1. The first kappa shape index (κ1) is 19.4.